The molecular formula is C14H19Cl2NO2S. The third kappa shape index (κ3) is 3.48. The summed E-state index contributed by atoms with van der Waals surface area (Å²) in [7, 11) is -3.46. The highest BCUT2D eigenvalue weighted by atomic mass is 35.5. The summed E-state index contributed by atoms with van der Waals surface area (Å²) >= 11 is 11.8. The number of rotatable bonds is 2. The largest absolute Gasteiger partial charge is 0.327 e. The summed E-state index contributed by atoms with van der Waals surface area (Å²) in [5.74, 6) is 0. The zero-order valence-electron chi connectivity index (χ0n) is 11.2. The van der Waals surface area contributed by atoms with Gasteiger partial charge in [-0.2, -0.15) is 0 Å². The Morgan fingerprint density at radius 1 is 1.00 bits per heavy atom. The Labute approximate surface area is 130 Å². The van der Waals surface area contributed by atoms with Crippen LogP contribution in [0.25, 0.3) is 0 Å². The number of sulfone groups is 1. The monoisotopic (exact) mass is 335 g/mol. The lowest BCUT2D eigenvalue weighted by molar-refractivity contribution is 0.444. The van der Waals surface area contributed by atoms with Gasteiger partial charge in [-0.25, -0.2) is 8.42 Å². The van der Waals surface area contributed by atoms with Crippen LogP contribution in [0, 0.1) is 0 Å². The van der Waals surface area contributed by atoms with Crippen LogP contribution in [-0.4, -0.2) is 19.7 Å². The van der Waals surface area contributed by atoms with Crippen LogP contribution in [0.2, 0.25) is 10.0 Å². The second-order valence-corrected chi connectivity index (χ2v) is 8.30. The Morgan fingerprint density at radius 3 is 2.30 bits per heavy atom. The minimum Gasteiger partial charge on any atom is -0.327 e. The van der Waals surface area contributed by atoms with Gasteiger partial charge in [0.25, 0.3) is 0 Å². The first kappa shape index (κ1) is 16.1. The molecule has 0 aromatic heterocycles. The van der Waals surface area contributed by atoms with Gasteiger partial charge in [0.15, 0.2) is 9.84 Å². The number of hydrogen-bond donors (Lipinski definition) is 1. The molecule has 2 rings (SSSR count). The molecular weight excluding hydrogens is 317 g/mol. The summed E-state index contributed by atoms with van der Waals surface area (Å²) in [6.07, 6.45) is 5.47. The molecule has 1 fully saturated rings. The lowest BCUT2D eigenvalue weighted by Crippen LogP contribution is -2.41. The molecule has 1 aromatic rings. The Balaban J connectivity index is 2.33. The van der Waals surface area contributed by atoms with Crippen LogP contribution in [0.5, 0.6) is 0 Å². The maximum absolute atomic E-state index is 12.7. The topological polar surface area (TPSA) is 60.2 Å². The predicted molar refractivity (Wildman–Crippen MR) is 83.1 cm³/mol. The fraction of sp³-hybridized carbons (Fsp3) is 0.571. The third-order valence-corrected chi connectivity index (χ3v) is 6.90. The van der Waals surface area contributed by atoms with Crippen LogP contribution in [0.4, 0.5) is 0 Å². The van der Waals surface area contributed by atoms with Gasteiger partial charge in [0.1, 0.15) is 0 Å². The van der Waals surface area contributed by atoms with E-state index < -0.39 is 15.1 Å². The van der Waals surface area contributed by atoms with E-state index in [4.69, 9.17) is 28.9 Å². The maximum atomic E-state index is 12.7. The average molecular weight is 336 g/mol. The van der Waals surface area contributed by atoms with E-state index in [-0.39, 0.29) is 16.0 Å². The predicted octanol–water partition coefficient (Wildman–Crippen LogP) is 3.82. The first-order chi connectivity index (χ1) is 9.43. The maximum Gasteiger partial charge on any atom is 0.182 e. The fourth-order valence-electron chi connectivity index (χ4n) is 2.69. The van der Waals surface area contributed by atoms with Crippen molar-refractivity contribution in [1.29, 1.82) is 0 Å². The van der Waals surface area contributed by atoms with E-state index in [9.17, 15) is 8.42 Å². The summed E-state index contributed by atoms with van der Waals surface area (Å²) < 4.78 is 25.5. The van der Waals surface area contributed by atoms with Gasteiger partial charge < -0.3 is 5.73 Å². The van der Waals surface area contributed by atoms with E-state index in [1.54, 1.807) is 0 Å². The molecule has 2 unspecified atom stereocenters. The van der Waals surface area contributed by atoms with Gasteiger partial charge in [-0.15, -0.1) is 0 Å². The molecule has 0 heterocycles. The Hall–Kier alpha value is -0.290. The van der Waals surface area contributed by atoms with Crippen LogP contribution in [0.1, 0.15) is 38.5 Å². The molecule has 0 amide bonds. The molecule has 2 N–H and O–H groups in total. The summed E-state index contributed by atoms with van der Waals surface area (Å²) in [6.45, 7) is 0. The van der Waals surface area contributed by atoms with Crippen molar-refractivity contribution in [1.82, 2.24) is 0 Å². The minimum absolute atomic E-state index is 0.216. The summed E-state index contributed by atoms with van der Waals surface area (Å²) in [4.78, 5) is 0.216. The molecule has 112 valence electrons. The molecule has 1 aliphatic carbocycles. The molecule has 1 saturated carbocycles. The lowest BCUT2D eigenvalue weighted by Gasteiger charge is -2.26. The van der Waals surface area contributed by atoms with Gasteiger partial charge in [-0.05, 0) is 31.0 Å². The molecule has 1 aromatic carbocycles. The molecule has 1 aliphatic rings. The molecule has 6 heteroatoms. The van der Waals surface area contributed by atoms with E-state index in [0.717, 1.165) is 32.1 Å². The molecule has 2 atom stereocenters. The Morgan fingerprint density at radius 2 is 1.65 bits per heavy atom. The van der Waals surface area contributed by atoms with Crippen molar-refractivity contribution in [3.8, 4) is 0 Å². The molecule has 3 nitrogen and oxygen atoms in total. The van der Waals surface area contributed by atoms with Gasteiger partial charge in [-0.1, -0.05) is 48.9 Å². The van der Waals surface area contributed by atoms with Crippen LogP contribution < -0.4 is 5.73 Å². The normalized spacial score (nSPS) is 24.9. The number of halogens is 2. The molecule has 20 heavy (non-hydrogen) atoms. The molecule has 0 spiro atoms. The Kier molecular flexibility index (Phi) is 5.35. The summed E-state index contributed by atoms with van der Waals surface area (Å²) in [5.41, 5.74) is 6.10. The van der Waals surface area contributed by atoms with Crippen LogP contribution in [0.3, 0.4) is 0 Å². The van der Waals surface area contributed by atoms with Gasteiger partial charge in [-0.3, -0.25) is 0 Å². The fourth-order valence-corrected chi connectivity index (χ4v) is 5.02. The van der Waals surface area contributed by atoms with Gasteiger partial charge in [0.05, 0.1) is 20.2 Å². The molecule has 0 radical (unpaired) electrons. The Bertz CT molecular complexity index is 575. The third-order valence-electron chi connectivity index (χ3n) is 3.87. The zero-order valence-corrected chi connectivity index (χ0v) is 13.5. The first-order valence-electron chi connectivity index (χ1n) is 6.87. The van der Waals surface area contributed by atoms with Gasteiger partial charge in [0.2, 0.25) is 0 Å². The average Bonchev–Trinajstić information content (AvgIpc) is 2.37. The van der Waals surface area contributed by atoms with E-state index in [1.807, 2.05) is 0 Å². The van der Waals surface area contributed by atoms with E-state index in [1.165, 1.54) is 18.2 Å². The second kappa shape index (κ2) is 6.65. The van der Waals surface area contributed by atoms with E-state index in [2.05, 4.69) is 0 Å². The SMILES string of the molecule is NC1CCCCCCC1S(=O)(=O)c1ccc(Cl)c(Cl)c1. The lowest BCUT2D eigenvalue weighted by atomic mass is 9.97. The zero-order chi connectivity index (χ0) is 14.8. The van der Waals surface area contributed by atoms with Crippen LogP contribution in [-0.2, 0) is 9.84 Å². The van der Waals surface area contributed by atoms with Crippen molar-refractivity contribution in [2.75, 3.05) is 0 Å². The van der Waals surface area contributed by atoms with Crippen molar-refractivity contribution in [3.63, 3.8) is 0 Å². The van der Waals surface area contributed by atoms with E-state index >= 15 is 0 Å². The quantitative estimate of drug-likeness (QED) is 0.893. The van der Waals surface area contributed by atoms with Gasteiger partial charge in [0, 0.05) is 6.04 Å². The van der Waals surface area contributed by atoms with Crippen molar-refractivity contribution in [2.24, 2.45) is 5.73 Å². The standard InChI is InChI=1S/C14H19Cl2NO2S/c15-11-8-7-10(9-12(11)16)20(18,19)14-6-4-2-1-3-5-13(14)17/h7-9,13-14H,1-6,17H2. The number of hydrogen-bond acceptors (Lipinski definition) is 3. The van der Waals surface area contributed by atoms with Crippen molar-refractivity contribution < 1.29 is 8.42 Å². The van der Waals surface area contributed by atoms with E-state index in [0.29, 0.717) is 11.4 Å². The summed E-state index contributed by atoms with van der Waals surface area (Å²) in [6, 6.07) is 4.14. The van der Waals surface area contributed by atoms with Crippen molar-refractivity contribution >= 4 is 33.0 Å². The minimum atomic E-state index is -3.46. The molecule has 0 saturated heterocycles. The highest BCUT2D eigenvalue weighted by Gasteiger charge is 2.33. The highest BCUT2D eigenvalue weighted by molar-refractivity contribution is 7.92. The second-order valence-electron chi connectivity index (χ2n) is 5.31. The van der Waals surface area contributed by atoms with Crippen LogP contribution >= 0.6 is 23.2 Å². The molecule has 0 bridgehead atoms. The highest BCUT2D eigenvalue weighted by Crippen LogP contribution is 2.30. The first-order valence-corrected chi connectivity index (χ1v) is 9.17. The number of benzene rings is 1. The van der Waals surface area contributed by atoms with Gasteiger partial charge >= 0.3 is 0 Å². The number of nitrogens with two attached hydrogens (primary N) is 1. The molecule has 0 aliphatic heterocycles. The smallest absolute Gasteiger partial charge is 0.182 e. The van der Waals surface area contributed by atoms with Crippen LogP contribution in [0.15, 0.2) is 23.1 Å². The van der Waals surface area contributed by atoms with Crippen molar-refractivity contribution in [2.45, 2.75) is 54.7 Å². The van der Waals surface area contributed by atoms with Crippen molar-refractivity contribution in [3.05, 3.63) is 28.2 Å². The summed E-state index contributed by atoms with van der Waals surface area (Å²) in [5, 5.41) is 0.0831.